The summed E-state index contributed by atoms with van der Waals surface area (Å²) in [6, 6.07) is 8.31. The highest BCUT2D eigenvalue weighted by Gasteiger charge is 2.05. The van der Waals surface area contributed by atoms with Gasteiger partial charge in [-0.3, -0.25) is 0 Å². The molecule has 0 fully saturated rings. The van der Waals surface area contributed by atoms with E-state index in [2.05, 4.69) is 19.1 Å². The van der Waals surface area contributed by atoms with Crippen LogP contribution in [0.25, 0.3) is 0 Å². The van der Waals surface area contributed by atoms with Gasteiger partial charge in [0.1, 0.15) is 5.75 Å². The minimum absolute atomic E-state index is 0.169. The molecule has 90 valence electrons. The summed E-state index contributed by atoms with van der Waals surface area (Å²) in [6.45, 7) is 4.91. The van der Waals surface area contributed by atoms with Crippen LogP contribution in [0.15, 0.2) is 24.3 Å². The summed E-state index contributed by atoms with van der Waals surface area (Å²) in [5.74, 6) is 0.923. The molecule has 0 aliphatic carbocycles. The molecule has 0 amide bonds. The zero-order valence-electron chi connectivity index (χ0n) is 10.4. The SMILES string of the molecule is CCCCC[C@@H](N)c1ccc(OCC)cc1. The molecule has 2 nitrogen and oxygen atoms in total. The normalized spacial score (nSPS) is 12.4. The van der Waals surface area contributed by atoms with Gasteiger partial charge < -0.3 is 10.5 Å². The van der Waals surface area contributed by atoms with E-state index >= 15 is 0 Å². The quantitative estimate of drug-likeness (QED) is 0.713. The van der Waals surface area contributed by atoms with E-state index in [0.29, 0.717) is 6.61 Å². The number of ether oxygens (including phenoxy) is 1. The van der Waals surface area contributed by atoms with Crippen molar-refractivity contribution in [3.63, 3.8) is 0 Å². The van der Waals surface area contributed by atoms with Crippen molar-refractivity contribution in [2.24, 2.45) is 5.73 Å². The molecule has 2 heteroatoms. The summed E-state index contributed by atoms with van der Waals surface area (Å²) in [7, 11) is 0. The van der Waals surface area contributed by atoms with Gasteiger partial charge in [-0.05, 0) is 31.0 Å². The molecule has 0 saturated carbocycles. The fraction of sp³-hybridized carbons (Fsp3) is 0.571. The highest BCUT2D eigenvalue weighted by atomic mass is 16.5. The van der Waals surface area contributed by atoms with Crippen LogP contribution in [0.5, 0.6) is 5.75 Å². The van der Waals surface area contributed by atoms with E-state index < -0.39 is 0 Å². The average molecular weight is 221 g/mol. The Morgan fingerprint density at radius 2 is 1.81 bits per heavy atom. The maximum Gasteiger partial charge on any atom is 0.119 e. The molecule has 0 aliphatic heterocycles. The lowest BCUT2D eigenvalue weighted by Gasteiger charge is -2.12. The van der Waals surface area contributed by atoms with Gasteiger partial charge in [0, 0.05) is 6.04 Å². The molecule has 2 N–H and O–H groups in total. The smallest absolute Gasteiger partial charge is 0.119 e. The highest BCUT2D eigenvalue weighted by molar-refractivity contribution is 5.28. The molecule has 0 saturated heterocycles. The summed E-state index contributed by atoms with van der Waals surface area (Å²) in [5, 5.41) is 0. The summed E-state index contributed by atoms with van der Waals surface area (Å²) in [6.07, 6.45) is 4.80. The van der Waals surface area contributed by atoms with E-state index in [-0.39, 0.29) is 6.04 Å². The van der Waals surface area contributed by atoms with Gasteiger partial charge >= 0.3 is 0 Å². The molecule has 16 heavy (non-hydrogen) atoms. The Hall–Kier alpha value is -1.02. The summed E-state index contributed by atoms with van der Waals surface area (Å²) in [4.78, 5) is 0. The Labute approximate surface area is 98.8 Å². The molecular formula is C14H23NO. The van der Waals surface area contributed by atoms with Crippen LogP contribution >= 0.6 is 0 Å². The maximum absolute atomic E-state index is 6.12. The number of hydrogen-bond acceptors (Lipinski definition) is 2. The Kier molecular flexibility index (Phi) is 5.94. The van der Waals surface area contributed by atoms with E-state index in [1.54, 1.807) is 0 Å². The lowest BCUT2D eigenvalue weighted by molar-refractivity contribution is 0.340. The van der Waals surface area contributed by atoms with E-state index in [9.17, 15) is 0 Å². The van der Waals surface area contributed by atoms with Crippen LogP contribution in [0.1, 0.15) is 51.1 Å². The molecule has 0 aromatic heterocycles. The van der Waals surface area contributed by atoms with Crippen LogP contribution in [0.4, 0.5) is 0 Å². The van der Waals surface area contributed by atoms with Crippen molar-refractivity contribution in [2.45, 2.75) is 45.6 Å². The molecule has 0 aliphatic rings. The number of unbranched alkanes of at least 4 members (excludes halogenated alkanes) is 2. The molecule has 1 aromatic rings. The molecule has 1 rings (SSSR count). The topological polar surface area (TPSA) is 35.2 Å². The molecule has 1 aromatic carbocycles. The second kappa shape index (κ2) is 7.29. The van der Waals surface area contributed by atoms with Gasteiger partial charge in [0.2, 0.25) is 0 Å². The second-order valence-corrected chi connectivity index (χ2v) is 4.10. The van der Waals surface area contributed by atoms with Gasteiger partial charge in [-0.25, -0.2) is 0 Å². The van der Waals surface area contributed by atoms with Gasteiger partial charge in [0.05, 0.1) is 6.61 Å². The fourth-order valence-electron chi connectivity index (χ4n) is 1.76. The number of nitrogens with two attached hydrogens (primary N) is 1. The first kappa shape index (κ1) is 13.0. The second-order valence-electron chi connectivity index (χ2n) is 4.10. The number of rotatable bonds is 7. The predicted molar refractivity (Wildman–Crippen MR) is 68.7 cm³/mol. The molecule has 0 radical (unpaired) electrons. The Morgan fingerprint density at radius 3 is 2.38 bits per heavy atom. The molecular weight excluding hydrogens is 198 g/mol. The predicted octanol–water partition coefficient (Wildman–Crippen LogP) is 3.67. The van der Waals surface area contributed by atoms with Crippen LogP contribution < -0.4 is 10.5 Å². The van der Waals surface area contributed by atoms with Crippen molar-refractivity contribution in [1.82, 2.24) is 0 Å². The van der Waals surface area contributed by atoms with Crippen molar-refractivity contribution in [2.75, 3.05) is 6.61 Å². The summed E-state index contributed by atoms with van der Waals surface area (Å²) < 4.78 is 5.40. The molecule has 1 atom stereocenters. The Bertz CT molecular complexity index is 281. The molecule has 0 spiro atoms. The first-order chi connectivity index (χ1) is 7.77. The van der Waals surface area contributed by atoms with Crippen molar-refractivity contribution >= 4 is 0 Å². The van der Waals surface area contributed by atoms with E-state index in [4.69, 9.17) is 10.5 Å². The molecule has 0 bridgehead atoms. The van der Waals surface area contributed by atoms with Gasteiger partial charge in [-0.2, -0.15) is 0 Å². The standard InChI is InChI=1S/C14H23NO/c1-3-5-6-7-14(15)12-8-10-13(11-9-12)16-4-2/h8-11,14H,3-7,15H2,1-2H3/t14-/m1/s1. The molecule has 0 heterocycles. The minimum Gasteiger partial charge on any atom is -0.494 e. The zero-order chi connectivity index (χ0) is 11.8. The summed E-state index contributed by atoms with van der Waals surface area (Å²) >= 11 is 0. The third kappa shape index (κ3) is 4.23. The van der Waals surface area contributed by atoms with E-state index in [1.807, 2.05) is 19.1 Å². The van der Waals surface area contributed by atoms with Crippen LogP contribution in [-0.2, 0) is 0 Å². The Balaban J connectivity index is 2.46. The highest BCUT2D eigenvalue weighted by Crippen LogP contribution is 2.20. The van der Waals surface area contributed by atoms with Crippen LogP contribution in [0, 0.1) is 0 Å². The molecule has 0 unspecified atom stereocenters. The van der Waals surface area contributed by atoms with Crippen molar-refractivity contribution in [3.8, 4) is 5.75 Å². The van der Waals surface area contributed by atoms with Crippen LogP contribution in [0.2, 0.25) is 0 Å². The lowest BCUT2D eigenvalue weighted by Crippen LogP contribution is -2.09. The minimum atomic E-state index is 0.169. The first-order valence-corrected chi connectivity index (χ1v) is 6.26. The van der Waals surface area contributed by atoms with E-state index in [1.165, 1.54) is 24.8 Å². The van der Waals surface area contributed by atoms with E-state index in [0.717, 1.165) is 12.2 Å². The van der Waals surface area contributed by atoms with Crippen molar-refractivity contribution < 1.29 is 4.74 Å². The average Bonchev–Trinajstić information content (AvgIpc) is 2.30. The van der Waals surface area contributed by atoms with Crippen LogP contribution in [-0.4, -0.2) is 6.61 Å². The van der Waals surface area contributed by atoms with Gasteiger partial charge in [-0.1, -0.05) is 38.3 Å². The largest absolute Gasteiger partial charge is 0.494 e. The van der Waals surface area contributed by atoms with Crippen LogP contribution in [0.3, 0.4) is 0 Å². The third-order valence-electron chi connectivity index (χ3n) is 2.74. The summed E-state index contributed by atoms with van der Waals surface area (Å²) in [5.41, 5.74) is 7.33. The Morgan fingerprint density at radius 1 is 1.12 bits per heavy atom. The van der Waals surface area contributed by atoms with Gasteiger partial charge in [0.25, 0.3) is 0 Å². The third-order valence-corrected chi connectivity index (χ3v) is 2.74. The van der Waals surface area contributed by atoms with Gasteiger partial charge in [-0.15, -0.1) is 0 Å². The number of hydrogen-bond donors (Lipinski definition) is 1. The number of benzene rings is 1. The van der Waals surface area contributed by atoms with Crippen molar-refractivity contribution in [1.29, 1.82) is 0 Å². The fourth-order valence-corrected chi connectivity index (χ4v) is 1.76. The monoisotopic (exact) mass is 221 g/mol. The maximum atomic E-state index is 6.12. The lowest BCUT2D eigenvalue weighted by atomic mass is 10.0. The first-order valence-electron chi connectivity index (χ1n) is 6.26. The van der Waals surface area contributed by atoms with Gasteiger partial charge in [0.15, 0.2) is 0 Å². The zero-order valence-corrected chi connectivity index (χ0v) is 10.4. The van der Waals surface area contributed by atoms with Crippen molar-refractivity contribution in [3.05, 3.63) is 29.8 Å².